The zero-order chi connectivity index (χ0) is 17.8. The number of benzene rings is 2. The topological polar surface area (TPSA) is 58.1 Å². The maximum Gasteiger partial charge on any atom is 0.255 e. The van der Waals surface area contributed by atoms with Crippen LogP contribution < -0.4 is 10.2 Å². The minimum absolute atomic E-state index is 0. The number of anilines is 3. The fourth-order valence-electron chi connectivity index (χ4n) is 2.41. The number of nitrogens with one attached hydrogen (secondary N) is 1. The van der Waals surface area contributed by atoms with Gasteiger partial charge in [-0.2, -0.15) is 0 Å². The molecule has 2 aromatic carbocycles. The first kappa shape index (κ1) is 16.6. The predicted octanol–water partition coefficient (Wildman–Crippen LogP) is 4.19. The Morgan fingerprint density at radius 1 is 1.12 bits per heavy atom. The van der Waals surface area contributed by atoms with Crippen LogP contribution in [0.4, 0.5) is 21.5 Å². The highest BCUT2D eigenvalue weighted by atomic mass is 19.1. The molecular formula is C19H19FN4O. The fraction of sp³-hybridized carbons (Fsp3) is 0.105. The summed E-state index contributed by atoms with van der Waals surface area (Å²) >= 11 is 0. The van der Waals surface area contributed by atoms with Crippen LogP contribution in [0, 0.1) is 12.7 Å². The van der Waals surface area contributed by atoms with Gasteiger partial charge in [-0.15, -0.1) is 0 Å². The van der Waals surface area contributed by atoms with Crippen molar-refractivity contribution in [2.45, 2.75) is 6.92 Å². The van der Waals surface area contributed by atoms with Gasteiger partial charge in [0.25, 0.3) is 5.91 Å². The lowest BCUT2D eigenvalue weighted by Gasteiger charge is -2.19. The monoisotopic (exact) mass is 338 g/mol. The molecule has 0 aliphatic carbocycles. The summed E-state index contributed by atoms with van der Waals surface area (Å²) in [5, 5.41) is 2.63. The molecule has 0 spiro atoms. The normalized spacial score (nSPS) is 10.4. The molecule has 0 radical (unpaired) electrons. The lowest BCUT2D eigenvalue weighted by Crippen LogP contribution is -2.15. The maximum absolute atomic E-state index is 14.1. The summed E-state index contributed by atoms with van der Waals surface area (Å²) < 4.78 is 14.1. The summed E-state index contributed by atoms with van der Waals surface area (Å²) in [6, 6.07) is 11.7. The van der Waals surface area contributed by atoms with Gasteiger partial charge in [-0.1, -0.05) is 17.7 Å². The Kier molecular flexibility index (Phi) is 4.70. The minimum Gasteiger partial charge on any atom is -0.342 e. The number of amides is 1. The third-order valence-corrected chi connectivity index (χ3v) is 3.80. The van der Waals surface area contributed by atoms with Crippen molar-refractivity contribution in [3.05, 3.63) is 78.1 Å². The standard InChI is InChI=1S/C19H17FN4O.H2/c1-13-4-3-5-14(8-13)19(25)23-18-9-15(6-7-17(18)20)24(2)16-10-21-12-22-11-16;/h3-12H,1-2H3,(H,23,25);1H. The second kappa shape index (κ2) is 7.09. The highest BCUT2D eigenvalue weighted by Crippen LogP contribution is 2.27. The zero-order valence-corrected chi connectivity index (χ0v) is 13.9. The van der Waals surface area contributed by atoms with Crippen LogP contribution in [0.15, 0.2) is 61.2 Å². The van der Waals surface area contributed by atoms with Gasteiger partial charge in [-0.3, -0.25) is 4.79 Å². The summed E-state index contributed by atoms with van der Waals surface area (Å²) in [7, 11) is 1.82. The summed E-state index contributed by atoms with van der Waals surface area (Å²) in [6.45, 7) is 1.90. The van der Waals surface area contributed by atoms with E-state index >= 15 is 0 Å². The quantitative estimate of drug-likeness (QED) is 0.775. The number of hydrogen-bond acceptors (Lipinski definition) is 4. The van der Waals surface area contributed by atoms with Crippen LogP contribution >= 0.6 is 0 Å². The van der Waals surface area contributed by atoms with Crippen LogP contribution in [-0.2, 0) is 0 Å². The molecule has 0 atom stereocenters. The van der Waals surface area contributed by atoms with Crippen molar-refractivity contribution in [3.8, 4) is 0 Å². The lowest BCUT2D eigenvalue weighted by molar-refractivity contribution is 0.102. The van der Waals surface area contributed by atoms with E-state index in [0.29, 0.717) is 11.3 Å². The van der Waals surface area contributed by atoms with E-state index in [1.165, 1.54) is 12.4 Å². The van der Waals surface area contributed by atoms with Gasteiger partial charge in [-0.05, 0) is 37.3 Å². The van der Waals surface area contributed by atoms with E-state index < -0.39 is 5.82 Å². The van der Waals surface area contributed by atoms with Gasteiger partial charge in [0.05, 0.1) is 23.8 Å². The number of rotatable bonds is 4. The van der Waals surface area contributed by atoms with E-state index in [-0.39, 0.29) is 13.0 Å². The van der Waals surface area contributed by atoms with Gasteiger partial charge in [0, 0.05) is 19.7 Å². The Morgan fingerprint density at radius 2 is 1.88 bits per heavy atom. The molecule has 3 rings (SSSR count). The van der Waals surface area contributed by atoms with E-state index in [4.69, 9.17) is 0 Å². The highest BCUT2D eigenvalue weighted by molar-refractivity contribution is 6.04. The number of aryl methyl sites for hydroxylation is 1. The molecule has 1 heterocycles. The van der Waals surface area contributed by atoms with Crippen LogP contribution in [0.1, 0.15) is 17.3 Å². The van der Waals surface area contributed by atoms with Crippen molar-refractivity contribution < 1.29 is 10.6 Å². The van der Waals surface area contributed by atoms with Crippen LogP contribution in [0.2, 0.25) is 0 Å². The van der Waals surface area contributed by atoms with Gasteiger partial charge in [0.15, 0.2) is 0 Å². The summed E-state index contributed by atoms with van der Waals surface area (Å²) in [5.74, 6) is -0.854. The van der Waals surface area contributed by atoms with Crippen molar-refractivity contribution in [2.75, 3.05) is 17.3 Å². The predicted molar refractivity (Wildman–Crippen MR) is 97.7 cm³/mol. The maximum atomic E-state index is 14.1. The van der Waals surface area contributed by atoms with Crippen molar-refractivity contribution in [2.24, 2.45) is 0 Å². The van der Waals surface area contributed by atoms with Crippen molar-refractivity contribution in [3.63, 3.8) is 0 Å². The molecular weight excluding hydrogens is 319 g/mol. The van der Waals surface area contributed by atoms with Crippen molar-refractivity contribution >= 4 is 23.0 Å². The second-order valence-electron chi connectivity index (χ2n) is 5.64. The molecule has 1 N–H and O–H groups in total. The van der Waals surface area contributed by atoms with E-state index in [9.17, 15) is 9.18 Å². The molecule has 0 aliphatic heterocycles. The van der Waals surface area contributed by atoms with Crippen molar-refractivity contribution in [1.29, 1.82) is 0 Å². The Hall–Kier alpha value is -3.28. The summed E-state index contributed by atoms with van der Waals surface area (Å²) in [5.41, 5.74) is 3.02. The van der Waals surface area contributed by atoms with Crippen LogP contribution in [-0.4, -0.2) is 22.9 Å². The van der Waals surface area contributed by atoms with E-state index in [1.807, 2.05) is 24.9 Å². The van der Waals surface area contributed by atoms with Crippen LogP contribution in [0.5, 0.6) is 0 Å². The van der Waals surface area contributed by atoms with Gasteiger partial charge >= 0.3 is 0 Å². The second-order valence-corrected chi connectivity index (χ2v) is 5.64. The molecule has 25 heavy (non-hydrogen) atoms. The van der Waals surface area contributed by atoms with Crippen LogP contribution in [0.3, 0.4) is 0 Å². The Balaban J connectivity index is 0.00000243. The smallest absolute Gasteiger partial charge is 0.255 e. The van der Waals surface area contributed by atoms with E-state index in [2.05, 4.69) is 15.3 Å². The molecule has 0 bridgehead atoms. The van der Waals surface area contributed by atoms with Gasteiger partial charge in [-0.25, -0.2) is 14.4 Å². The van der Waals surface area contributed by atoms with E-state index in [1.54, 1.807) is 42.7 Å². The van der Waals surface area contributed by atoms with Gasteiger partial charge < -0.3 is 10.2 Å². The molecule has 3 aromatic rings. The number of nitrogens with zero attached hydrogens (tertiary/aromatic N) is 3. The number of hydrogen-bond donors (Lipinski definition) is 1. The Morgan fingerprint density at radius 3 is 2.60 bits per heavy atom. The average Bonchev–Trinajstić information content (AvgIpc) is 2.63. The first-order valence-electron chi connectivity index (χ1n) is 7.71. The molecule has 0 saturated carbocycles. The Bertz CT molecular complexity index is 905. The minimum atomic E-state index is -0.498. The van der Waals surface area contributed by atoms with Crippen LogP contribution in [0.25, 0.3) is 0 Å². The number of halogens is 1. The molecule has 5 nitrogen and oxygen atoms in total. The highest BCUT2D eigenvalue weighted by Gasteiger charge is 2.12. The first-order chi connectivity index (χ1) is 12.0. The Labute approximate surface area is 146 Å². The third kappa shape index (κ3) is 3.80. The summed E-state index contributed by atoms with van der Waals surface area (Å²) in [6.07, 6.45) is 4.75. The molecule has 1 aromatic heterocycles. The third-order valence-electron chi connectivity index (χ3n) is 3.80. The van der Waals surface area contributed by atoms with Gasteiger partial charge in [0.1, 0.15) is 12.1 Å². The molecule has 6 heteroatoms. The summed E-state index contributed by atoms with van der Waals surface area (Å²) in [4.78, 5) is 22.1. The molecule has 1 amide bonds. The number of carbonyl (C=O) groups excluding carboxylic acids is 1. The fourth-order valence-corrected chi connectivity index (χ4v) is 2.41. The molecule has 0 unspecified atom stereocenters. The average molecular weight is 338 g/mol. The molecule has 0 saturated heterocycles. The molecule has 0 fully saturated rings. The molecule has 0 aliphatic rings. The van der Waals surface area contributed by atoms with Crippen molar-refractivity contribution in [1.82, 2.24) is 9.97 Å². The molecule has 128 valence electrons. The lowest BCUT2D eigenvalue weighted by atomic mass is 10.1. The largest absolute Gasteiger partial charge is 0.342 e. The first-order valence-corrected chi connectivity index (χ1v) is 7.71. The van der Waals surface area contributed by atoms with E-state index in [0.717, 1.165) is 11.3 Å². The number of aromatic nitrogens is 2. The SMILES string of the molecule is Cc1cccc(C(=O)Nc2cc(N(C)c3cncnc3)ccc2F)c1.[HH]. The van der Waals surface area contributed by atoms with Gasteiger partial charge in [0.2, 0.25) is 0 Å². The number of carbonyl (C=O) groups is 1. The zero-order valence-electron chi connectivity index (χ0n) is 13.9.